The maximum atomic E-state index is 13.1. The van der Waals surface area contributed by atoms with Gasteiger partial charge in [0, 0.05) is 6.07 Å². The molecule has 0 fully saturated rings. The molecule has 1 N–H and O–H groups in total. The van der Waals surface area contributed by atoms with Crippen molar-refractivity contribution in [2.24, 2.45) is 0 Å². The normalized spacial score (nSPS) is 11.6. The lowest BCUT2D eigenvalue weighted by atomic mass is 10.1. The Morgan fingerprint density at radius 2 is 1.74 bits per heavy atom. The van der Waals surface area contributed by atoms with Gasteiger partial charge in [-0.2, -0.15) is 0 Å². The topological polar surface area (TPSA) is 55.4 Å². The predicted octanol–water partition coefficient (Wildman–Crippen LogP) is 3.00. The van der Waals surface area contributed by atoms with E-state index in [1.165, 1.54) is 0 Å². The van der Waals surface area contributed by atoms with Crippen LogP contribution in [0.1, 0.15) is 11.1 Å². The number of ether oxygens (including phenoxy) is 1. The van der Waals surface area contributed by atoms with Gasteiger partial charge in [0.2, 0.25) is 0 Å². The Kier molecular flexibility index (Phi) is 5.80. The first kappa shape index (κ1) is 16.6. The van der Waals surface area contributed by atoms with Crippen molar-refractivity contribution in [2.45, 2.75) is 19.1 Å². The fourth-order valence-electron chi connectivity index (χ4n) is 2.03. The summed E-state index contributed by atoms with van der Waals surface area (Å²) in [6.07, 6.45) is -0.312. The Balaban J connectivity index is 1.88. The zero-order chi connectivity index (χ0) is 16.7. The van der Waals surface area contributed by atoms with Crippen molar-refractivity contribution in [3.63, 3.8) is 0 Å². The Bertz CT molecular complexity index is 657. The standard InChI is InChI=1S/C17H15F2NO3/c18-14-6-13(7-15(19)9-14)8-16(10-21)20-17(22)23-11-12-4-2-1-3-5-12/h1-7,9-10,16H,8,11H2,(H,20,22)/t16-/m1/s1. The summed E-state index contributed by atoms with van der Waals surface area (Å²) in [7, 11) is 0. The summed E-state index contributed by atoms with van der Waals surface area (Å²) in [6, 6.07) is 11.1. The van der Waals surface area contributed by atoms with Gasteiger partial charge in [0.25, 0.3) is 0 Å². The number of carbonyl (C=O) groups excluding carboxylic acids is 2. The zero-order valence-electron chi connectivity index (χ0n) is 12.2. The van der Waals surface area contributed by atoms with Crippen LogP contribution in [0.15, 0.2) is 48.5 Å². The van der Waals surface area contributed by atoms with E-state index >= 15 is 0 Å². The van der Waals surface area contributed by atoms with Crippen molar-refractivity contribution in [3.8, 4) is 0 Å². The highest BCUT2D eigenvalue weighted by Gasteiger charge is 2.14. The number of hydrogen-bond donors (Lipinski definition) is 1. The third kappa shape index (κ3) is 5.50. The number of rotatable bonds is 6. The van der Waals surface area contributed by atoms with Crippen molar-refractivity contribution in [3.05, 3.63) is 71.3 Å². The maximum Gasteiger partial charge on any atom is 0.408 e. The van der Waals surface area contributed by atoms with E-state index in [4.69, 9.17) is 4.74 Å². The van der Waals surface area contributed by atoms with Crippen LogP contribution in [0.5, 0.6) is 0 Å². The number of alkyl carbamates (subject to hydrolysis) is 1. The van der Waals surface area contributed by atoms with Gasteiger partial charge >= 0.3 is 6.09 Å². The van der Waals surface area contributed by atoms with Crippen LogP contribution in [0, 0.1) is 11.6 Å². The second-order valence-corrected chi connectivity index (χ2v) is 4.93. The van der Waals surface area contributed by atoms with E-state index in [1.54, 1.807) is 12.1 Å². The molecule has 0 saturated heterocycles. The molecule has 2 rings (SSSR count). The Hall–Kier alpha value is -2.76. The lowest BCUT2D eigenvalue weighted by Gasteiger charge is -2.13. The lowest BCUT2D eigenvalue weighted by molar-refractivity contribution is -0.109. The number of aldehydes is 1. The summed E-state index contributed by atoms with van der Waals surface area (Å²) in [5.74, 6) is -1.48. The molecule has 1 amide bonds. The van der Waals surface area contributed by atoms with Gasteiger partial charge < -0.3 is 14.8 Å². The minimum absolute atomic E-state index is 0.0291. The first-order valence-corrected chi connectivity index (χ1v) is 6.94. The van der Waals surface area contributed by atoms with Gasteiger partial charge in [-0.15, -0.1) is 0 Å². The Labute approximate surface area is 132 Å². The van der Waals surface area contributed by atoms with Crippen LogP contribution in [0.25, 0.3) is 0 Å². The van der Waals surface area contributed by atoms with Gasteiger partial charge in [-0.05, 0) is 29.7 Å². The van der Waals surface area contributed by atoms with Crippen LogP contribution in [0.4, 0.5) is 13.6 Å². The third-order valence-electron chi connectivity index (χ3n) is 3.06. The van der Waals surface area contributed by atoms with E-state index in [1.807, 2.05) is 18.2 Å². The van der Waals surface area contributed by atoms with Gasteiger partial charge in [0.05, 0.1) is 6.04 Å². The Morgan fingerprint density at radius 3 is 2.35 bits per heavy atom. The van der Waals surface area contributed by atoms with E-state index in [2.05, 4.69) is 5.32 Å². The molecule has 0 heterocycles. The molecule has 120 valence electrons. The van der Waals surface area contributed by atoms with E-state index in [9.17, 15) is 18.4 Å². The molecule has 0 saturated carbocycles. The van der Waals surface area contributed by atoms with Gasteiger partial charge in [-0.1, -0.05) is 30.3 Å². The molecule has 1 atom stereocenters. The number of amides is 1. The molecule has 0 bridgehead atoms. The molecular formula is C17H15F2NO3. The molecule has 2 aromatic carbocycles. The smallest absolute Gasteiger partial charge is 0.408 e. The molecule has 0 radical (unpaired) electrons. The van der Waals surface area contributed by atoms with Crippen molar-refractivity contribution in [1.29, 1.82) is 0 Å². The zero-order valence-corrected chi connectivity index (χ0v) is 12.2. The summed E-state index contributed by atoms with van der Waals surface area (Å²) in [6.45, 7) is 0.0623. The number of hydrogen-bond acceptors (Lipinski definition) is 3. The maximum absolute atomic E-state index is 13.1. The molecule has 2 aromatic rings. The molecule has 0 aliphatic carbocycles. The first-order valence-electron chi connectivity index (χ1n) is 6.94. The van der Waals surface area contributed by atoms with E-state index in [0.29, 0.717) is 6.29 Å². The predicted molar refractivity (Wildman–Crippen MR) is 79.7 cm³/mol. The van der Waals surface area contributed by atoms with Crippen LogP contribution in [-0.2, 0) is 22.6 Å². The van der Waals surface area contributed by atoms with Crippen molar-refractivity contribution in [1.82, 2.24) is 5.32 Å². The third-order valence-corrected chi connectivity index (χ3v) is 3.06. The van der Waals surface area contributed by atoms with Gasteiger partial charge in [0.15, 0.2) is 0 Å². The molecule has 4 nitrogen and oxygen atoms in total. The second kappa shape index (κ2) is 8.03. The highest BCUT2D eigenvalue weighted by atomic mass is 19.1. The fourth-order valence-corrected chi connectivity index (χ4v) is 2.03. The van der Waals surface area contributed by atoms with E-state index in [0.717, 1.165) is 23.8 Å². The fraction of sp³-hybridized carbons (Fsp3) is 0.176. The van der Waals surface area contributed by atoms with Crippen LogP contribution in [0.2, 0.25) is 0 Å². The van der Waals surface area contributed by atoms with Crippen molar-refractivity contribution < 1.29 is 23.1 Å². The summed E-state index contributed by atoms with van der Waals surface area (Å²) < 4.78 is 31.2. The van der Waals surface area contributed by atoms with Crippen LogP contribution < -0.4 is 5.32 Å². The highest BCUT2D eigenvalue weighted by molar-refractivity contribution is 5.73. The first-order chi connectivity index (χ1) is 11.1. The molecule has 6 heteroatoms. The van der Waals surface area contributed by atoms with Crippen LogP contribution in [0.3, 0.4) is 0 Å². The van der Waals surface area contributed by atoms with Crippen molar-refractivity contribution in [2.75, 3.05) is 0 Å². The molecule has 0 spiro atoms. The van der Waals surface area contributed by atoms with E-state index < -0.39 is 23.8 Å². The number of benzene rings is 2. The monoisotopic (exact) mass is 319 g/mol. The second-order valence-electron chi connectivity index (χ2n) is 4.93. The largest absolute Gasteiger partial charge is 0.445 e. The quantitative estimate of drug-likeness (QED) is 0.833. The highest BCUT2D eigenvalue weighted by Crippen LogP contribution is 2.10. The Morgan fingerprint density at radius 1 is 1.09 bits per heavy atom. The number of carbonyl (C=O) groups is 2. The summed E-state index contributed by atoms with van der Waals surface area (Å²) in [4.78, 5) is 22.7. The van der Waals surface area contributed by atoms with Gasteiger partial charge in [-0.3, -0.25) is 0 Å². The summed E-state index contributed by atoms with van der Waals surface area (Å²) in [5, 5.41) is 2.35. The van der Waals surface area contributed by atoms with Crippen LogP contribution in [-0.4, -0.2) is 18.4 Å². The number of nitrogens with one attached hydrogen (secondary N) is 1. The molecule has 0 unspecified atom stereocenters. The minimum atomic E-state index is -0.931. The van der Waals surface area contributed by atoms with E-state index in [-0.39, 0.29) is 18.6 Å². The summed E-state index contributed by atoms with van der Waals surface area (Å²) in [5.41, 5.74) is 1.07. The van der Waals surface area contributed by atoms with Crippen molar-refractivity contribution >= 4 is 12.4 Å². The van der Waals surface area contributed by atoms with Gasteiger partial charge in [0.1, 0.15) is 24.5 Å². The average molecular weight is 319 g/mol. The molecular weight excluding hydrogens is 304 g/mol. The summed E-state index contributed by atoms with van der Waals surface area (Å²) >= 11 is 0. The number of halogens is 2. The molecule has 0 aliphatic rings. The average Bonchev–Trinajstić information content (AvgIpc) is 2.52. The van der Waals surface area contributed by atoms with Gasteiger partial charge in [-0.25, -0.2) is 13.6 Å². The molecule has 0 aromatic heterocycles. The SMILES string of the molecule is O=C[C@@H](Cc1cc(F)cc(F)c1)NC(=O)OCc1ccccc1. The lowest BCUT2D eigenvalue weighted by Crippen LogP contribution is -2.37. The molecule has 23 heavy (non-hydrogen) atoms. The minimum Gasteiger partial charge on any atom is -0.445 e. The van der Waals surface area contributed by atoms with Crippen LogP contribution >= 0.6 is 0 Å². The molecule has 0 aliphatic heterocycles.